The van der Waals surface area contributed by atoms with E-state index in [1.54, 1.807) is 0 Å². The number of hydrogen-bond acceptors (Lipinski definition) is 3. The zero-order chi connectivity index (χ0) is 13.9. The number of aromatic nitrogens is 3. The highest BCUT2D eigenvalue weighted by Gasteiger charge is 2.10. The zero-order valence-corrected chi connectivity index (χ0v) is 11.7. The summed E-state index contributed by atoms with van der Waals surface area (Å²) in [5, 5.41) is 4.69. The Morgan fingerprint density at radius 3 is 2.80 bits per heavy atom. The first-order chi connectivity index (χ1) is 9.75. The summed E-state index contributed by atoms with van der Waals surface area (Å²) >= 11 is 0. The molecule has 3 aromatic rings. The van der Waals surface area contributed by atoms with Crippen LogP contribution in [0, 0.1) is 0 Å². The van der Waals surface area contributed by atoms with E-state index in [-0.39, 0.29) is 6.04 Å². The first-order valence-electron chi connectivity index (χ1n) is 6.79. The third-order valence-electron chi connectivity index (χ3n) is 3.56. The molecule has 0 aliphatic rings. The lowest BCUT2D eigenvalue weighted by molar-refractivity contribution is 0.531. The third-order valence-corrected chi connectivity index (χ3v) is 3.56. The topological polar surface area (TPSA) is 42.7 Å². The molecular weight excluding hydrogens is 248 g/mol. The van der Waals surface area contributed by atoms with Crippen LogP contribution in [0.1, 0.15) is 24.4 Å². The standard InChI is InChI=1S/C16H18N4/c1-12(16-18-9-10-20(16)2)19-11-14-6-3-5-13-7-4-8-17-15(13)14/h3-10,12,19H,11H2,1-2H3. The van der Waals surface area contributed by atoms with Gasteiger partial charge in [0.25, 0.3) is 0 Å². The maximum absolute atomic E-state index is 4.48. The lowest BCUT2D eigenvalue weighted by Gasteiger charge is -2.14. The Labute approximate surface area is 118 Å². The lowest BCUT2D eigenvalue weighted by Crippen LogP contribution is -2.21. The van der Waals surface area contributed by atoms with Crippen LogP contribution in [0.15, 0.2) is 48.9 Å². The number of aryl methyl sites for hydroxylation is 1. The largest absolute Gasteiger partial charge is 0.337 e. The fourth-order valence-corrected chi connectivity index (χ4v) is 2.46. The second-order valence-electron chi connectivity index (χ2n) is 4.99. The molecule has 1 atom stereocenters. The maximum atomic E-state index is 4.48. The minimum Gasteiger partial charge on any atom is -0.337 e. The Morgan fingerprint density at radius 1 is 1.15 bits per heavy atom. The summed E-state index contributed by atoms with van der Waals surface area (Å²) in [5.74, 6) is 1.04. The Balaban J connectivity index is 1.79. The third kappa shape index (κ3) is 2.42. The van der Waals surface area contributed by atoms with Gasteiger partial charge in [-0.05, 0) is 18.6 Å². The van der Waals surface area contributed by atoms with Crippen molar-refractivity contribution in [1.82, 2.24) is 19.9 Å². The van der Waals surface area contributed by atoms with Gasteiger partial charge in [0.05, 0.1) is 11.6 Å². The van der Waals surface area contributed by atoms with Gasteiger partial charge < -0.3 is 9.88 Å². The van der Waals surface area contributed by atoms with Crippen LogP contribution < -0.4 is 5.32 Å². The molecule has 0 spiro atoms. The van der Waals surface area contributed by atoms with Crippen LogP contribution in [0.25, 0.3) is 10.9 Å². The van der Waals surface area contributed by atoms with E-state index in [9.17, 15) is 0 Å². The Morgan fingerprint density at radius 2 is 2.00 bits per heavy atom. The fraction of sp³-hybridized carbons (Fsp3) is 0.250. The van der Waals surface area contributed by atoms with Crippen LogP contribution in [-0.2, 0) is 13.6 Å². The number of fused-ring (bicyclic) bond motifs is 1. The molecule has 4 heteroatoms. The van der Waals surface area contributed by atoms with Gasteiger partial charge in [0.2, 0.25) is 0 Å². The summed E-state index contributed by atoms with van der Waals surface area (Å²) in [5.41, 5.74) is 2.28. The van der Waals surface area contributed by atoms with E-state index in [0.29, 0.717) is 0 Å². The smallest absolute Gasteiger partial charge is 0.125 e. The molecule has 0 aliphatic carbocycles. The summed E-state index contributed by atoms with van der Waals surface area (Å²) < 4.78 is 2.04. The average Bonchev–Trinajstić information content (AvgIpc) is 2.91. The molecule has 1 N–H and O–H groups in total. The second kappa shape index (κ2) is 5.43. The molecule has 4 nitrogen and oxygen atoms in total. The predicted octanol–water partition coefficient (Wildman–Crippen LogP) is 2.82. The molecule has 3 rings (SSSR count). The lowest BCUT2D eigenvalue weighted by atomic mass is 10.1. The SMILES string of the molecule is CC(NCc1cccc2cccnc12)c1nccn1C. The Kier molecular flexibility index (Phi) is 3.48. The van der Waals surface area contributed by atoms with E-state index in [1.807, 2.05) is 36.3 Å². The summed E-state index contributed by atoms with van der Waals surface area (Å²) in [6, 6.07) is 10.5. The van der Waals surface area contributed by atoms with Crippen LogP contribution in [-0.4, -0.2) is 14.5 Å². The molecule has 20 heavy (non-hydrogen) atoms. The number of benzene rings is 1. The molecule has 2 aromatic heterocycles. The van der Waals surface area contributed by atoms with Crippen molar-refractivity contribution >= 4 is 10.9 Å². The first-order valence-corrected chi connectivity index (χ1v) is 6.79. The fourth-order valence-electron chi connectivity index (χ4n) is 2.46. The predicted molar refractivity (Wildman–Crippen MR) is 80.2 cm³/mol. The summed E-state index contributed by atoms with van der Waals surface area (Å²) in [6.07, 6.45) is 5.63. The molecule has 0 saturated carbocycles. The molecule has 0 aliphatic heterocycles. The number of nitrogens with one attached hydrogen (secondary N) is 1. The number of hydrogen-bond donors (Lipinski definition) is 1. The monoisotopic (exact) mass is 266 g/mol. The van der Waals surface area contributed by atoms with Gasteiger partial charge in [0, 0.05) is 37.6 Å². The minimum absolute atomic E-state index is 0.203. The van der Waals surface area contributed by atoms with Gasteiger partial charge >= 0.3 is 0 Å². The van der Waals surface area contributed by atoms with Crippen LogP contribution in [0.3, 0.4) is 0 Å². The van der Waals surface area contributed by atoms with Crippen LogP contribution >= 0.6 is 0 Å². The number of para-hydroxylation sites is 1. The summed E-state index contributed by atoms with van der Waals surface area (Å²) in [7, 11) is 2.01. The van der Waals surface area contributed by atoms with Crippen molar-refractivity contribution in [1.29, 1.82) is 0 Å². The molecule has 1 aromatic carbocycles. The molecular formula is C16H18N4. The molecule has 0 bridgehead atoms. The van der Waals surface area contributed by atoms with Crippen molar-refractivity contribution in [3.63, 3.8) is 0 Å². The van der Waals surface area contributed by atoms with E-state index in [0.717, 1.165) is 17.9 Å². The maximum Gasteiger partial charge on any atom is 0.125 e. The van der Waals surface area contributed by atoms with Crippen molar-refractivity contribution in [2.45, 2.75) is 19.5 Å². The van der Waals surface area contributed by atoms with Gasteiger partial charge in [0.1, 0.15) is 5.82 Å². The van der Waals surface area contributed by atoms with Crippen LogP contribution in [0.4, 0.5) is 0 Å². The molecule has 0 amide bonds. The second-order valence-corrected chi connectivity index (χ2v) is 4.99. The molecule has 1 unspecified atom stereocenters. The highest BCUT2D eigenvalue weighted by molar-refractivity contribution is 5.81. The van der Waals surface area contributed by atoms with E-state index in [2.05, 4.69) is 46.5 Å². The number of nitrogens with zero attached hydrogens (tertiary/aromatic N) is 3. The molecule has 2 heterocycles. The molecule has 0 saturated heterocycles. The Bertz CT molecular complexity index is 712. The normalized spacial score (nSPS) is 12.7. The number of pyridine rings is 1. The zero-order valence-electron chi connectivity index (χ0n) is 11.7. The highest BCUT2D eigenvalue weighted by Crippen LogP contribution is 2.17. The summed E-state index contributed by atoms with van der Waals surface area (Å²) in [4.78, 5) is 8.85. The number of rotatable bonds is 4. The van der Waals surface area contributed by atoms with E-state index < -0.39 is 0 Å². The number of imidazole rings is 1. The summed E-state index contributed by atoms with van der Waals surface area (Å²) in [6.45, 7) is 2.91. The van der Waals surface area contributed by atoms with E-state index in [1.165, 1.54) is 10.9 Å². The molecule has 0 radical (unpaired) electrons. The molecule has 0 fully saturated rings. The van der Waals surface area contributed by atoms with E-state index >= 15 is 0 Å². The average molecular weight is 266 g/mol. The van der Waals surface area contributed by atoms with Gasteiger partial charge in [-0.1, -0.05) is 24.3 Å². The van der Waals surface area contributed by atoms with Crippen molar-refractivity contribution in [2.75, 3.05) is 0 Å². The van der Waals surface area contributed by atoms with Gasteiger partial charge in [0.15, 0.2) is 0 Å². The molecule has 102 valence electrons. The van der Waals surface area contributed by atoms with Crippen molar-refractivity contribution in [2.24, 2.45) is 7.05 Å². The highest BCUT2D eigenvalue weighted by atomic mass is 15.1. The van der Waals surface area contributed by atoms with Gasteiger partial charge in [-0.3, -0.25) is 4.98 Å². The van der Waals surface area contributed by atoms with E-state index in [4.69, 9.17) is 0 Å². The Hall–Kier alpha value is -2.20. The van der Waals surface area contributed by atoms with Gasteiger partial charge in [-0.25, -0.2) is 4.98 Å². The van der Waals surface area contributed by atoms with Crippen molar-refractivity contribution in [3.8, 4) is 0 Å². The minimum atomic E-state index is 0.203. The van der Waals surface area contributed by atoms with Crippen LogP contribution in [0.5, 0.6) is 0 Å². The first kappa shape index (κ1) is 12.8. The van der Waals surface area contributed by atoms with Crippen molar-refractivity contribution in [3.05, 3.63) is 60.3 Å². The van der Waals surface area contributed by atoms with Gasteiger partial charge in [-0.2, -0.15) is 0 Å². The van der Waals surface area contributed by atoms with Crippen molar-refractivity contribution < 1.29 is 0 Å². The van der Waals surface area contributed by atoms with Gasteiger partial charge in [-0.15, -0.1) is 0 Å². The quantitative estimate of drug-likeness (QED) is 0.789. The van der Waals surface area contributed by atoms with Crippen LogP contribution in [0.2, 0.25) is 0 Å².